The van der Waals surface area contributed by atoms with Crippen LogP contribution in [0, 0.1) is 0 Å². The first kappa shape index (κ1) is 18.2. The number of esters is 1. The monoisotopic (exact) mass is 393 g/mol. The Morgan fingerprint density at radius 1 is 1.18 bits per heavy atom. The number of fused-ring (bicyclic) bond motifs is 1. The molecule has 0 aliphatic carbocycles. The zero-order valence-corrected chi connectivity index (χ0v) is 16.2. The van der Waals surface area contributed by atoms with Crippen LogP contribution in [0.1, 0.15) is 18.5 Å². The number of carbonyl (C=O) groups is 1. The topological polar surface area (TPSA) is 77.2 Å². The van der Waals surface area contributed by atoms with E-state index in [0.717, 1.165) is 27.1 Å². The molecule has 0 aliphatic rings. The number of benzene rings is 1. The molecule has 0 saturated heterocycles. The van der Waals surface area contributed by atoms with Gasteiger partial charge in [-0.25, -0.2) is 9.97 Å². The van der Waals surface area contributed by atoms with Gasteiger partial charge in [0.05, 0.1) is 24.8 Å². The maximum absolute atomic E-state index is 11.9. The third-order valence-electron chi connectivity index (χ3n) is 4.18. The van der Waals surface area contributed by atoms with Crippen LogP contribution >= 0.6 is 11.3 Å². The first-order valence-electron chi connectivity index (χ1n) is 9.00. The summed E-state index contributed by atoms with van der Waals surface area (Å²) in [6, 6.07) is 13.9. The van der Waals surface area contributed by atoms with Crippen LogP contribution in [0.2, 0.25) is 0 Å². The third-order valence-corrected chi connectivity index (χ3v) is 5.05. The van der Waals surface area contributed by atoms with Crippen molar-refractivity contribution in [2.75, 3.05) is 11.9 Å². The van der Waals surface area contributed by atoms with Crippen molar-refractivity contribution < 1.29 is 13.9 Å². The van der Waals surface area contributed by atoms with Gasteiger partial charge in [0.2, 0.25) is 0 Å². The fourth-order valence-corrected chi connectivity index (χ4v) is 3.91. The predicted molar refractivity (Wildman–Crippen MR) is 109 cm³/mol. The molecular weight excluding hydrogens is 374 g/mol. The number of carbonyl (C=O) groups excluding carboxylic acids is 1. The molecule has 3 heterocycles. The Kier molecular flexibility index (Phi) is 5.34. The van der Waals surface area contributed by atoms with E-state index in [4.69, 9.17) is 9.15 Å². The minimum absolute atomic E-state index is 0.0395. The van der Waals surface area contributed by atoms with E-state index in [0.29, 0.717) is 24.8 Å². The van der Waals surface area contributed by atoms with Crippen LogP contribution in [0.5, 0.6) is 0 Å². The van der Waals surface area contributed by atoms with Crippen molar-refractivity contribution in [2.45, 2.75) is 19.9 Å². The lowest BCUT2D eigenvalue weighted by molar-refractivity contribution is -0.142. The predicted octanol–water partition coefficient (Wildman–Crippen LogP) is 4.67. The molecule has 0 bridgehead atoms. The molecule has 0 saturated carbocycles. The van der Waals surface area contributed by atoms with Crippen LogP contribution in [0.4, 0.5) is 5.82 Å². The lowest BCUT2D eigenvalue weighted by Gasteiger charge is -2.10. The standard InChI is InChI=1S/C21H19N3O3S/c1-2-26-18(25)11-17-23-20(22-12-15-9-6-10-27-15)19-16(13-28-21(19)24-17)14-7-4-3-5-8-14/h3-10,13H,2,11-12H2,1H3,(H,22,23,24). The van der Waals surface area contributed by atoms with Gasteiger partial charge in [0, 0.05) is 10.9 Å². The molecule has 0 aliphatic heterocycles. The van der Waals surface area contributed by atoms with Crippen molar-refractivity contribution in [1.29, 1.82) is 0 Å². The summed E-state index contributed by atoms with van der Waals surface area (Å²) in [5.74, 6) is 1.59. The molecule has 1 aromatic carbocycles. The van der Waals surface area contributed by atoms with Gasteiger partial charge >= 0.3 is 5.97 Å². The Bertz CT molecular complexity index is 1080. The molecule has 0 radical (unpaired) electrons. The fourth-order valence-electron chi connectivity index (χ4n) is 2.95. The van der Waals surface area contributed by atoms with Crippen molar-refractivity contribution in [3.8, 4) is 11.1 Å². The molecule has 6 nitrogen and oxygen atoms in total. The summed E-state index contributed by atoms with van der Waals surface area (Å²) in [6.45, 7) is 2.60. The zero-order chi connectivity index (χ0) is 19.3. The van der Waals surface area contributed by atoms with Gasteiger partial charge in [0.1, 0.15) is 28.7 Å². The Balaban J connectivity index is 1.75. The molecule has 7 heteroatoms. The molecule has 3 aromatic heterocycles. The van der Waals surface area contributed by atoms with Gasteiger partial charge < -0.3 is 14.5 Å². The number of hydrogen-bond donors (Lipinski definition) is 1. The summed E-state index contributed by atoms with van der Waals surface area (Å²) in [5.41, 5.74) is 2.15. The molecule has 0 amide bonds. The first-order chi connectivity index (χ1) is 13.7. The van der Waals surface area contributed by atoms with Crippen molar-refractivity contribution in [3.05, 3.63) is 65.7 Å². The number of rotatable bonds is 7. The molecule has 0 spiro atoms. The van der Waals surface area contributed by atoms with E-state index in [2.05, 4.69) is 32.8 Å². The molecule has 142 valence electrons. The Morgan fingerprint density at radius 3 is 2.79 bits per heavy atom. The summed E-state index contributed by atoms with van der Waals surface area (Å²) in [5, 5.41) is 6.35. The van der Waals surface area contributed by atoms with E-state index in [9.17, 15) is 4.79 Å². The number of nitrogens with one attached hydrogen (secondary N) is 1. The number of furan rings is 1. The molecule has 0 fully saturated rings. The second-order valence-electron chi connectivity index (χ2n) is 6.10. The van der Waals surface area contributed by atoms with Gasteiger partial charge in [-0.15, -0.1) is 11.3 Å². The number of hydrogen-bond acceptors (Lipinski definition) is 7. The first-order valence-corrected chi connectivity index (χ1v) is 9.88. The van der Waals surface area contributed by atoms with E-state index >= 15 is 0 Å². The van der Waals surface area contributed by atoms with E-state index in [-0.39, 0.29) is 12.4 Å². The van der Waals surface area contributed by atoms with Gasteiger partial charge in [0.15, 0.2) is 0 Å². The van der Waals surface area contributed by atoms with Gasteiger partial charge in [-0.2, -0.15) is 0 Å². The van der Waals surface area contributed by atoms with Crippen LogP contribution in [-0.4, -0.2) is 22.5 Å². The highest BCUT2D eigenvalue weighted by atomic mass is 32.1. The fraction of sp³-hybridized carbons (Fsp3) is 0.190. The van der Waals surface area contributed by atoms with Crippen molar-refractivity contribution >= 4 is 33.3 Å². The Morgan fingerprint density at radius 2 is 2.04 bits per heavy atom. The van der Waals surface area contributed by atoms with Crippen LogP contribution in [-0.2, 0) is 22.5 Å². The normalized spacial score (nSPS) is 10.9. The van der Waals surface area contributed by atoms with Gasteiger partial charge in [-0.3, -0.25) is 4.79 Å². The van der Waals surface area contributed by atoms with Crippen molar-refractivity contribution in [2.24, 2.45) is 0 Å². The van der Waals surface area contributed by atoms with Gasteiger partial charge in [0.25, 0.3) is 0 Å². The van der Waals surface area contributed by atoms with E-state index in [1.807, 2.05) is 30.3 Å². The van der Waals surface area contributed by atoms with Crippen molar-refractivity contribution in [1.82, 2.24) is 9.97 Å². The molecule has 4 rings (SSSR count). The molecule has 0 unspecified atom stereocenters. The number of nitrogens with zero attached hydrogens (tertiary/aromatic N) is 2. The lowest BCUT2D eigenvalue weighted by Crippen LogP contribution is -2.12. The average molecular weight is 393 g/mol. The smallest absolute Gasteiger partial charge is 0.313 e. The summed E-state index contributed by atoms with van der Waals surface area (Å²) in [6.07, 6.45) is 1.68. The maximum Gasteiger partial charge on any atom is 0.313 e. The third kappa shape index (κ3) is 3.89. The van der Waals surface area contributed by atoms with Crippen molar-refractivity contribution in [3.63, 3.8) is 0 Å². The molecule has 28 heavy (non-hydrogen) atoms. The van der Waals surface area contributed by atoms with Crippen LogP contribution < -0.4 is 5.32 Å². The molecule has 4 aromatic rings. The summed E-state index contributed by atoms with van der Waals surface area (Å²) >= 11 is 1.53. The number of anilines is 1. The number of ether oxygens (including phenoxy) is 1. The second kappa shape index (κ2) is 8.22. The van der Waals surface area contributed by atoms with Gasteiger partial charge in [-0.05, 0) is 24.6 Å². The largest absolute Gasteiger partial charge is 0.467 e. The number of thiophene rings is 1. The highest BCUT2D eigenvalue weighted by Gasteiger charge is 2.17. The minimum atomic E-state index is -0.335. The van der Waals surface area contributed by atoms with E-state index < -0.39 is 0 Å². The van der Waals surface area contributed by atoms with E-state index in [1.54, 1.807) is 13.2 Å². The summed E-state index contributed by atoms with van der Waals surface area (Å²) < 4.78 is 10.5. The summed E-state index contributed by atoms with van der Waals surface area (Å²) in [4.78, 5) is 21.9. The van der Waals surface area contributed by atoms with Gasteiger partial charge in [-0.1, -0.05) is 30.3 Å². The summed E-state index contributed by atoms with van der Waals surface area (Å²) in [7, 11) is 0. The molecule has 1 N–H and O–H groups in total. The zero-order valence-electron chi connectivity index (χ0n) is 15.3. The lowest BCUT2D eigenvalue weighted by atomic mass is 10.1. The van der Waals surface area contributed by atoms with Crippen LogP contribution in [0.25, 0.3) is 21.3 Å². The highest BCUT2D eigenvalue weighted by molar-refractivity contribution is 7.17. The SMILES string of the molecule is CCOC(=O)Cc1nc(NCc2ccco2)c2c(-c3ccccc3)csc2n1. The molecule has 0 atom stereocenters. The average Bonchev–Trinajstić information content (AvgIpc) is 3.37. The minimum Gasteiger partial charge on any atom is -0.467 e. The van der Waals surface area contributed by atoms with E-state index in [1.165, 1.54) is 11.3 Å². The Labute approximate surface area is 166 Å². The quantitative estimate of drug-likeness (QED) is 0.460. The maximum atomic E-state index is 11.9. The van der Waals surface area contributed by atoms with Crippen LogP contribution in [0.15, 0.2) is 58.5 Å². The second-order valence-corrected chi connectivity index (χ2v) is 6.96. The molecular formula is C21H19N3O3S. The number of aromatic nitrogens is 2. The highest BCUT2D eigenvalue weighted by Crippen LogP contribution is 2.37. The van der Waals surface area contributed by atoms with Crippen LogP contribution in [0.3, 0.4) is 0 Å². The Hall–Kier alpha value is -3.19.